The van der Waals surface area contributed by atoms with Gasteiger partial charge in [0.25, 0.3) is 0 Å². The second kappa shape index (κ2) is 2.82. The number of aromatic nitrogens is 2. The lowest BCUT2D eigenvalue weighted by molar-refractivity contribution is 0.106. The molecule has 0 unspecified atom stereocenters. The molecular formula is C11H12N2O. The maximum Gasteiger partial charge on any atom is 0.140 e. The van der Waals surface area contributed by atoms with Gasteiger partial charge >= 0.3 is 0 Å². The first-order chi connectivity index (χ1) is 6.86. The highest BCUT2D eigenvalue weighted by atomic mass is 16.5. The fraction of sp³-hybridized carbons (Fsp3) is 0.364. The summed E-state index contributed by atoms with van der Waals surface area (Å²) >= 11 is 0. The molecule has 0 spiro atoms. The molecule has 0 N–H and O–H groups in total. The second-order valence-corrected chi connectivity index (χ2v) is 3.69. The van der Waals surface area contributed by atoms with Crippen LogP contribution in [0.4, 0.5) is 0 Å². The van der Waals surface area contributed by atoms with Crippen LogP contribution in [0, 0.1) is 6.92 Å². The number of pyridine rings is 1. The molecule has 0 radical (unpaired) electrons. The molecule has 0 aromatic carbocycles. The minimum absolute atomic E-state index is 0.694. The first kappa shape index (κ1) is 8.00. The van der Waals surface area contributed by atoms with E-state index >= 15 is 0 Å². The van der Waals surface area contributed by atoms with Gasteiger partial charge in [-0.2, -0.15) is 0 Å². The molecule has 1 aliphatic heterocycles. The van der Waals surface area contributed by atoms with E-state index in [0.29, 0.717) is 6.61 Å². The standard InChI is InChI=1S/C11H12N2O/c1-8-3-2-5-13-10-7-14-6-4-9(10)12-11(8)13/h2-3,5H,4,6-7H2,1H3. The Hall–Kier alpha value is -1.35. The number of rotatable bonds is 0. The van der Waals surface area contributed by atoms with E-state index in [4.69, 9.17) is 4.74 Å². The van der Waals surface area contributed by atoms with E-state index in [2.05, 4.69) is 34.6 Å². The van der Waals surface area contributed by atoms with Crippen molar-refractivity contribution in [3.8, 4) is 0 Å². The van der Waals surface area contributed by atoms with Crippen LogP contribution >= 0.6 is 0 Å². The zero-order valence-electron chi connectivity index (χ0n) is 8.16. The molecule has 0 atom stereocenters. The summed E-state index contributed by atoms with van der Waals surface area (Å²) in [5.74, 6) is 0. The van der Waals surface area contributed by atoms with Crippen LogP contribution in [0.2, 0.25) is 0 Å². The van der Waals surface area contributed by atoms with Crippen LogP contribution in [0.1, 0.15) is 17.0 Å². The van der Waals surface area contributed by atoms with Crippen molar-refractivity contribution >= 4 is 5.65 Å². The zero-order valence-corrected chi connectivity index (χ0v) is 8.16. The van der Waals surface area contributed by atoms with Crippen molar-refractivity contribution in [2.75, 3.05) is 6.61 Å². The number of aryl methyl sites for hydroxylation is 1. The topological polar surface area (TPSA) is 26.5 Å². The third-order valence-electron chi connectivity index (χ3n) is 2.75. The van der Waals surface area contributed by atoms with E-state index in [9.17, 15) is 0 Å². The van der Waals surface area contributed by atoms with Gasteiger partial charge in [0.15, 0.2) is 0 Å². The van der Waals surface area contributed by atoms with Gasteiger partial charge in [-0.3, -0.25) is 0 Å². The first-order valence-electron chi connectivity index (χ1n) is 4.89. The predicted molar refractivity (Wildman–Crippen MR) is 53.3 cm³/mol. The predicted octanol–water partition coefficient (Wildman–Crippen LogP) is 1.72. The largest absolute Gasteiger partial charge is 0.375 e. The van der Waals surface area contributed by atoms with E-state index < -0.39 is 0 Å². The molecule has 1 aliphatic rings. The van der Waals surface area contributed by atoms with E-state index in [-0.39, 0.29) is 0 Å². The Labute approximate surface area is 82.3 Å². The van der Waals surface area contributed by atoms with Crippen LogP contribution < -0.4 is 0 Å². The number of nitrogens with zero attached hydrogens (tertiary/aromatic N) is 2. The van der Waals surface area contributed by atoms with Gasteiger partial charge in [0.1, 0.15) is 5.65 Å². The number of imidazole rings is 1. The monoisotopic (exact) mass is 188 g/mol. The molecule has 2 aromatic heterocycles. The van der Waals surface area contributed by atoms with E-state index in [1.54, 1.807) is 0 Å². The number of ether oxygens (including phenoxy) is 1. The van der Waals surface area contributed by atoms with Gasteiger partial charge in [0, 0.05) is 12.6 Å². The number of hydrogen-bond acceptors (Lipinski definition) is 2. The normalized spacial score (nSPS) is 15.8. The van der Waals surface area contributed by atoms with Crippen LogP contribution in [0.25, 0.3) is 5.65 Å². The molecule has 0 aliphatic carbocycles. The Morgan fingerprint density at radius 1 is 1.50 bits per heavy atom. The highest BCUT2D eigenvalue weighted by Crippen LogP contribution is 2.20. The van der Waals surface area contributed by atoms with Crippen LogP contribution in [-0.2, 0) is 17.8 Å². The highest BCUT2D eigenvalue weighted by molar-refractivity contribution is 5.50. The number of fused-ring (bicyclic) bond motifs is 3. The van der Waals surface area contributed by atoms with Crippen LogP contribution in [0.15, 0.2) is 18.3 Å². The van der Waals surface area contributed by atoms with Crippen LogP contribution in [0.5, 0.6) is 0 Å². The van der Waals surface area contributed by atoms with Gasteiger partial charge < -0.3 is 9.14 Å². The highest BCUT2D eigenvalue weighted by Gasteiger charge is 2.16. The lowest BCUT2D eigenvalue weighted by atomic mass is 10.2. The van der Waals surface area contributed by atoms with Gasteiger partial charge in [0.2, 0.25) is 0 Å². The Kier molecular flexibility index (Phi) is 1.61. The molecule has 2 aromatic rings. The maximum atomic E-state index is 5.44. The molecule has 3 rings (SSSR count). The third kappa shape index (κ3) is 0.990. The average Bonchev–Trinajstić information content (AvgIpc) is 2.59. The van der Waals surface area contributed by atoms with Crippen molar-refractivity contribution in [2.24, 2.45) is 0 Å². The van der Waals surface area contributed by atoms with Crippen LogP contribution in [-0.4, -0.2) is 16.0 Å². The minimum Gasteiger partial charge on any atom is -0.375 e. The smallest absolute Gasteiger partial charge is 0.140 e. The minimum atomic E-state index is 0.694. The molecule has 0 saturated heterocycles. The van der Waals surface area contributed by atoms with Gasteiger partial charge in [-0.05, 0) is 18.6 Å². The Bertz CT molecular complexity index is 487. The summed E-state index contributed by atoms with van der Waals surface area (Å²) in [5.41, 5.74) is 4.71. The molecule has 3 heteroatoms. The van der Waals surface area contributed by atoms with E-state index in [1.165, 1.54) is 17.0 Å². The summed E-state index contributed by atoms with van der Waals surface area (Å²) < 4.78 is 7.58. The molecular weight excluding hydrogens is 176 g/mol. The lowest BCUT2D eigenvalue weighted by Gasteiger charge is -2.11. The van der Waals surface area contributed by atoms with Crippen molar-refractivity contribution < 1.29 is 4.74 Å². The fourth-order valence-electron chi connectivity index (χ4n) is 1.99. The van der Waals surface area contributed by atoms with Gasteiger partial charge in [-0.15, -0.1) is 0 Å². The Balaban J connectivity index is 2.36. The molecule has 0 fully saturated rings. The fourth-order valence-corrected chi connectivity index (χ4v) is 1.99. The van der Waals surface area contributed by atoms with Crippen molar-refractivity contribution in [1.29, 1.82) is 0 Å². The van der Waals surface area contributed by atoms with E-state index in [0.717, 1.165) is 18.7 Å². The second-order valence-electron chi connectivity index (χ2n) is 3.69. The van der Waals surface area contributed by atoms with Crippen molar-refractivity contribution in [3.63, 3.8) is 0 Å². The summed E-state index contributed by atoms with van der Waals surface area (Å²) in [5, 5.41) is 0. The SMILES string of the molecule is Cc1cccn2c3c(nc12)CCOC3. The summed E-state index contributed by atoms with van der Waals surface area (Å²) in [4.78, 5) is 4.64. The molecule has 3 nitrogen and oxygen atoms in total. The summed E-state index contributed by atoms with van der Waals surface area (Å²) in [7, 11) is 0. The Morgan fingerprint density at radius 2 is 2.43 bits per heavy atom. The quantitative estimate of drug-likeness (QED) is 0.629. The summed E-state index contributed by atoms with van der Waals surface area (Å²) in [6.45, 7) is 3.59. The first-order valence-corrected chi connectivity index (χ1v) is 4.89. The zero-order chi connectivity index (χ0) is 9.54. The average molecular weight is 188 g/mol. The van der Waals surface area contributed by atoms with Crippen molar-refractivity contribution in [3.05, 3.63) is 35.3 Å². The molecule has 0 saturated carbocycles. The summed E-state index contributed by atoms with van der Waals surface area (Å²) in [6.07, 6.45) is 3.00. The lowest BCUT2D eigenvalue weighted by Crippen LogP contribution is -2.10. The van der Waals surface area contributed by atoms with Crippen LogP contribution in [0.3, 0.4) is 0 Å². The van der Waals surface area contributed by atoms with E-state index in [1.807, 2.05) is 0 Å². The third-order valence-corrected chi connectivity index (χ3v) is 2.75. The molecule has 0 amide bonds. The molecule has 72 valence electrons. The maximum absolute atomic E-state index is 5.44. The molecule has 0 bridgehead atoms. The molecule has 3 heterocycles. The van der Waals surface area contributed by atoms with Crippen molar-refractivity contribution in [1.82, 2.24) is 9.38 Å². The van der Waals surface area contributed by atoms with Gasteiger partial charge in [-0.1, -0.05) is 6.07 Å². The van der Waals surface area contributed by atoms with Gasteiger partial charge in [-0.25, -0.2) is 4.98 Å². The van der Waals surface area contributed by atoms with Crippen molar-refractivity contribution in [2.45, 2.75) is 20.0 Å². The molecule has 14 heavy (non-hydrogen) atoms. The Morgan fingerprint density at radius 3 is 3.36 bits per heavy atom. The van der Waals surface area contributed by atoms with Gasteiger partial charge in [0.05, 0.1) is 24.6 Å². The number of hydrogen-bond donors (Lipinski definition) is 0. The summed E-state index contributed by atoms with van der Waals surface area (Å²) in [6, 6.07) is 4.15.